The number of aliphatic carboxylic acids is 1. The van der Waals surface area contributed by atoms with Gasteiger partial charge in [-0.25, -0.2) is 4.79 Å². The maximum absolute atomic E-state index is 10.6. The quantitative estimate of drug-likeness (QED) is 0.604. The number of anilines is 1. The molecule has 3 nitrogen and oxygen atoms in total. The number of thioether (sulfide) groups is 1. The van der Waals surface area contributed by atoms with Gasteiger partial charge in [0.05, 0.1) is 0 Å². The smallest absolute Gasteiger partial charge is 0.328 e. The molecule has 0 fully saturated rings. The van der Waals surface area contributed by atoms with Crippen molar-refractivity contribution in [2.75, 3.05) is 30.5 Å². The van der Waals surface area contributed by atoms with E-state index in [2.05, 4.69) is 27.1 Å². The summed E-state index contributed by atoms with van der Waals surface area (Å²) in [6.07, 6.45) is 6.00. The monoisotopic (exact) mass is 343 g/mol. The van der Waals surface area contributed by atoms with Crippen LogP contribution in [0.2, 0.25) is 0 Å². The Hall–Kier alpha value is -0.940. The summed E-state index contributed by atoms with van der Waals surface area (Å²) in [6, 6.07) is 5.91. The summed E-state index contributed by atoms with van der Waals surface area (Å²) in [6.45, 7) is 0.955. The topological polar surface area (TPSA) is 40.5 Å². The molecule has 104 valence electrons. The standard InChI is InChI=1S/C14H18BrNO2S/c1-16(8-3-9-19-2)13-6-5-12(15)10-11(13)4-7-14(17)18/h4-7,10H,3,8-9H2,1-2H3,(H,17,18)/b7-4+. The first kappa shape index (κ1) is 16.1. The van der Waals surface area contributed by atoms with Crippen molar-refractivity contribution >= 4 is 45.4 Å². The van der Waals surface area contributed by atoms with Crippen LogP contribution in [-0.4, -0.2) is 36.7 Å². The predicted octanol–water partition coefficient (Wildman–Crippen LogP) is 3.74. The fraction of sp³-hybridized carbons (Fsp3) is 0.357. The van der Waals surface area contributed by atoms with Gasteiger partial charge in [0.25, 0.3) is 0 Å². The molecule has 0 aliphatic carbocycles. The van der Waals surface area contributed by atoms with Gasteiger partial charge in [-0.3, -0.25) is 0 Å². The Labute approximate surface area is 126 Å². The van der Waals surface area contributed by atoms with Crippen molar-refractivity contribution in [2.45, 2.75) is 6.42 Å². The first-order valence-corrected chi connectivity index (χ1v) is 8.14. The third-order valence-electron chi connectivity index (χ3n) is 2.65. The number of halogens is 1. The molecule has 0 saturated carbocycles. The summed E-state index contributed by atoms with van der Waals surface area (Å²) in [5.74, 6) is 0.192. The Balaban J connectivity index is 2.89. The molecule has 5 heteroatoms. The average molecular weight is 344 g/mol. The van der Waals surface area contributed by atoms with Crippen molar-refractivity contribution in [1.29, 1.82) is 0 Å². The molecule has 0 aliphatic heterocycles. The van der Waals surface area contributed by atoms with Gasteiger partial charge < -0.3 is 10.0 Å². The van der Waals surface area contributed by atoms with E-state index in [1.807, 2.05) is 37.0 Å². The summed E-state index contributed by atoms with van der Waals surface area (Å²) in [5, 5.41) is 8.73. The molecule has 1 rings (SSSR count). The van der Waals surface area contributed by atoms with E-state index in [0.29, 0.717) is 0 Å². The third-order valence-corrected chi connectivity index (χ3v) is 3.84. The number of rotatable bonds is 7. The van der Waals surface area contributed by atoms with Gasteiger partial charge in [-0.1, -0.05) is 15.9 Å². The summed E-state index contributed by atoms with van der Waals surface area (Å²) >= 11 is 5.25. The van der Waals surface area contributed by atoms with Crippen molar-refractivity contribution in [3.05, 3.63) is 34.3 Å². The van der Waals surface area contributed by atoms with Crippen LogP contribution in [0.5, 0.6) is 0 Å². The summed E-state index contributed by atoms with van der Waals surface area (Å²) in [7, 11) is 2.03. The molecule has 0 bridgehead atoms. The number of benzene rings is 1. The minimum atomic E-state index is -0.934. The molecule has 0 heterocycles. The van der Waals surface area contributed by atoms with E-state index in [1.54, 1.807) is 6.08 Å². The van der Waals surface area contributed by atoms with Crippen LogP contribution in [0.1, 0.15) is 12.0 Å². The minimum absolute atomic E-state index is 0.906. The van der Waals surface area contributed by atoms with Crippen LogP contribution in [0.15, 0.2) is 28.7 Å². The molecule has 0 spiro atoms. The van der Waals surface area contributed by atoms with Crippen LogP contribution < -0.4 is 4.90 Å². The maximum atomic E-state index is 10.6. The van der Waals surface area contributed by atoms with Gasteiger partial charge in [0.15, 0.2) is 0 Å². The predicted molar refractivity (Wildman–Crippen MR) is 87.1 cm³/mol. The maximum Gasteiger partial charge on any atom is 0.328 e. The molecule has 1 aromatic carbocycles. The zero-order valence-electron chi connectivity index (χ0n) is 11.1. The highest BCUT2D eigenvalue weighted by atomic mass is 79.9. The fourth-order valence-electron chi connectivity index (χ4n) is 1.73. The number of hydrogen-bond acceptors (Lipinski definition) is 3. The van der Waals surface area contributed by atoms with Crippen LogP contribution in [-0.2, 0) is 4.79 Å². The SMILES string of the molecule is CSCCCN(C)c1ccc(Br)cc1/C=C/C(=O)O. The van der Waals surface area contributed by atoms with Crippen LogP contribution in [0.4, 0.5) is 5.69 Å². The first-order chi connectivity index (χ1) is 9.04. The molecule has 1 aromatic rings. The number of carbonyl (C=O) groups is 1. The number of nitrogens with zero attached hydrogens (tertiary/aromatic N) is 1. The molecule has 1 N–H and O–H groups in total. The van der Waals surface area contributed by atoms with E-state index in [4.69, 9.17) is 5.11 Å². The van der Waals surface area contributed by atoms with E-state index in [9.17, 15) is 4.79 Å². The molecule has 0 atom stereocenters. The van der Waals surface area contributed by atoms with Gasteiger partial charge in [0, 0.05) is 29.8 Å². The second kappa shape index (κ2) is 8.27. The lowest BCUT2D eigenvalue weighted by molar-refractivity contribution is -0.131. The minimum Gasteiger partial charge on any atom is -0.478 e. The third kappa shape index (κ3) is 5.70. The largest absolute Gasteiger partial charge is 0.478 e. The number of hydrogen-bond donors (Lipinski definition) is 1. The van der Waals surface area contributed by atoms with Crippen molar-refractivity contribution < 1.29 is 9.90 Å². The van der Waals surface area contributed by atoms with Crippen LogP contribution >= 0.6 is 27.7 Å². The highest BCUT2D eigenvalue weighted by Gasteiger charge is 2.06. The number of carboxylic acids is 1. The molecule has 0 amide bonds. The zero-order chi connectivity index (χ0) is 14.3. The molecule has 0 aliphatic rings. The Bertz CT molecular complexity index is 463. The van der Waals surface area contributed by atoms with E-state index < -0.39 is 5.97 Å². The van der Waals surface area contributed by atoms with E-state index in [0.717, 1.165) is 34.4 Å². The van der Waals surface area contributed by atoms with Gasteiger partial charge >= 0.3 is 5.97 Å². The Kier molecular flexibility index (Phi) is 7.02. The Morgan fingerprint density at radius 1 is 1.53 bits per heavy atom. The second-order valence-corrected chi connectivity index (χ2v) is 6.04. The summed E-state index contributed by atoms with van der Waals surface area (Å²) < 4.78 is 0.943. The van der Waals surface area contributed by atoms with Gasteiger partial charge in [0.1, 0.15) is 0 Å². The zero-order valence-corrected chi connectivity index (χ0v) is 13.5. The molecule has 19 heavy (non-hydrogen) atoms. The van der Waals surface area contributed by atoms with Crippen molar-refractivity contribution in [3.8, 4) is 0 Å². The number of carboxylic acid groups (broad SMARTS) is 1. The van der Waals surface area contributed by atoms with Gasteiger partial charge in [-0.2, -0.15) is 11.8 Å². The van der Waals surface area contributed by atoms with Gasteiger partial charge in [-0.05, 0) is 48.3 Å². The van der Waals surface area contributed by atoms with E-state index in [-0.39, 0.29) is 0 Å². The Morgan fingerprint density at radius 2 is 2.26 bits per heavy atom. The van der Waals surface area contributed by atoms with Crippen molar-refractivity contribution in [2.24, 2.45) is 0 Å². The highest BCUT2D eigenvalue weighted by Crippen LogP contribution is 2.25. The molecule has 0 unspecified atom stereocenters. The first-order valence-electron chi connectivity index (χ1n) is 5.95. The summed E-state index contributed by atoms with van der Waals surface area (Å²) in [5.41, 5.74) is 1.95. The van der Waals surface area contributed by atoms with Gasteiger partial charge in [0.2, 0.25) is 0 Å². The molecule has 0 radical (unpaired) electrons. The summed E-state index contributed by atoms with van der Waals surface area (Å²) in [4.78, 5) is 12.8. The fourth-order valence-corrected chi connectivity index (χ4v) is 2.53. The van der Waals surface area contributed by atoms with Crippen LogP contribution in [0, 0.1) is 0 Å². The van der Waals surface area contributed by atoms with Crippen molar-refractivity contribution in [1.82, 2.24) is 0 Å². The van der Waals surface area contributed by atoms with Crippen molar-refractivity contribution in [3.63, 3.8) is 0 Å². The average Bonchev–Trinajstić information content (AvgIpc) is 2.36. The highest BCUT2D eigenvalue weighted by molar-refractivity contribution is 9.10. The van der Waals surface area contributed by atoms with Gasteiger partial charge in [-0.15, -0.1) is 0 Å². The van der Waals surface area contributed by atoms with E-state index >= 15 is 0 Å². The lowest BCUT2D eigenvalue weighted by Crippen LogP contribution is -2.19. The molecule has 0 aromatic heterocycles. The van der Waals surface area contributed by atoms with Crippen LogP contribution in [0.3, 0.4) is 0 Å². The molecule has 0 saturated heterocycles. The lowest BCUT2D eigenvalue weighted by Gasteiger charge is -2.21. The second-order valence-electron chi connectivity index (χ2n) is 4.14. The molecular weight excluding hydrogens is 326 g/mol. The van der Waals surface area contributed by atoms with E-state index in [1.165, 1.54) is 6.08 Å². The Morgan fingerprint density at radius 3 is 2.89 bits per heavy atom. The normalized spacial score (nSPS) is 10.9. The van der Waals surface area contributed by atoms with Crippen LogP contribution in [0.25, 0.3) is 6.08 Å². The molecular formula is C14H18BrNO2S. The lowest BCUT2D eigenvalue weighted by atomic mass is 10.1.